The minimum absolute atomic E-state index is 0.00268. The first-order valence-electron chi connectivity index (χ1n) is 11.3. The molecule has 2 heterocycles. The number of rotatable bonds is 5. The van der Waals surface area contributed by atoms with E-state index in [9.17, 15) is 15.0 Å². The zero-order chi connectivity index (χ0) is 24.0. The van der Waals surface area contributed by atoms with Crippen LogP contribution in [0.3, 0.4) is 0 Å². The molecule has 9 heteroatoms. The molecule has 0 bridgehead atoms. The van der Waals surface area contributed by atoms with Crippen molar-refractivity contribution in [3.63, 3.8) is 0 Å². The quantitative estimate of drug-likeness (QED) is 0.449. The number of methoxy groups -OCH3 is 3. The number of allylic oxidation sites excluding steroid dienone is 2. The van der Waals surface area contributed by atoms with Gasteiger partial charge < -0.3 is 29.7 Å². The molecule has 0 spiro atoms. The Balaban J connectivity index is 1.55. The lowest BCUT2D eigenvalue weighted by atomic mass is 9.69. The van der Waals surface area contributed by atoms with Gasteiger partial charge in [0.05, 0.1) is 27.5 Å². The smallest absolute Gasteiger partial charge is 0.161 e. The Kier molecular flexibility index (Phi) is 5.85. The fourth-order valence-corrected chi connectivity index (χ4v) is 5.50. The largest absolute Gasteiger partial charge is 0.504 e. The zero-order valence-electron chi connectivity index (χ0n) is 19.3. The van der Waals surface area contributed by atoms with Crippen molar-refractivity contribution in [1.82, 2.24) is 16.2 Å². The Morgan fingerprint density at radius 1 is 0.882 bits per heavy atom. The standard InChI is InChI=1S/C25H29N3O6/c1-32-18-6-5-13(9-16(18)29)21-22-15(26-24-23(21)25(31)28-27-24)8-14(10-17(22)30)12-4-7-19(33-2)20(11-12)34-3/h4-7,9,11,14,21,23-29,31H,8,10H2,1-3H3/t14-,21-,23?,24?,25?/m1/s1. The number of nitrogens with one attached hydrogen (secondary N) is 3. The number of aliphatic hydroxyl groups excluding tert-OH is 1. The summed E-state index contributed by atoms with van der Waals surface area (Å²) in [5.74, 6) is 0.877. The first kappa shape index (κ1) is 22.5. The number of phenolic OH excluding ortho intramolecular Hbond substituents is 1. The minimum Gasteiger partial charge on any atom is -0.504 e. The van der Waals surface area contributed by atoms with Gasteiger partial charge in [0.1, 0.15) is 6.23 Å². The first-order valence-corrected chi connectivity index (χ1v) is 11.3. The zero-order valence-corrected chi connectivity index (χ0v) is 19.3. The SMILES string of the molecule is COc1ccc([C@@H]2C3=C(C[C@@H](c4ccc(OC)c(OC)c4)CC3=O)NC3NNC(O)C32)cc1O. The van der Waals surface area contributed by atoms with Crippen molar-refractivity contribution in [3.05, 3.63) is 58.8 Å². The number of aliphatic hydroxyl groups is 1. The van der Waals surface area contributed by atoms with Crippen molar-refractivity contribution in [2.45, 2.75) is 37.1 Å². The summed E-state index contributed by atoms with van der Waals surface area (Å²) in [6, 6.07) is 10.9. The molecule has 2 aliphatic heterocycles. The molecule has 2 aromatic carbocycles. The van der Waals surface area contributed by atoms with Crippen molar-refractivity contribution >= 4 is 5.78 Å². The van der Waals surface area contributed by atoms with Gasteiger partial charge in [-0.2, -0.15) is 0 Å². The molecule has 3 aliphatic rings. The summed E-state index contributed by atoms with van der Waals surface area (Å²) in [6.07, 6.45) is -0.170. The second kappa shape index (κ2) is 8.83. The summed E-state index contributed by atoms with van der Waals surface area (Å²) in [6.45, 7) is 0. The molecule has 5 N–H and O–H groups in total. The summed E-state index contributed by atoms with van der Waals surface area (Å²) in [4.78, 5) is 13.6. The van der Waals surface area contributed by atoms with Gasteiger partial charge in [0, 0.05) is 29.5 Å². The Hall–Kier alpha value is -3.27. The van der Waals surface area contributed by atoms with Gasteiger partial charge in [-0.15, -0.1) is 0 Å². The van der Waals surface area contributed by atoms with E-state index >= 15 is 0 Å². The highest BCUT2D eigenvalue weighted by molar-refractivity contribution is 5.99. The molecule has 9 nitrogen and oxygen atoms in total. The van der Waals surface area contributed by atoms with Gasteiger partial charge in [0.15, 0.2) is 28.8 Å². The van der Waals surface area contributed by atoms with E-state index in [1.54, 1.807) is 26.4 Å². The normalized spacial score (nSPS) is 28.1. The molecule has 0 saturated carbocycles. The van der Waals surface area contributed by atoms with Crippen LogP contribution in [0, 0.1) is 5.92 Å². The average Bonchev–Trinajstić information content (AvgIpc) is 3.22. The molecule has 5 rings (SSSR count). The maximum atomic E-state index is 13.6. The van der Waals surface area contributed by atoms with Gasteiger partial charge in [-0.3, -0.25) is 4.79 Å². The maximum Gasteiger partial charge on any atom is 0.161 e. The first-order chi connectivity index (χ1) is 16.4. The van der Waals surface area contributed by atoms with Gasteiger partial charge in [0.25, 0.3) is 0 Å². The maximum absolute atomic E-state index is 13.6. The molecule has 1 fully saturated rings. The number of hydrogen-bond acceptors (Lipinski definition) is 9. The number of ketones is 1. The van der Waals surface area contributed by atoms with Crippen molar-refractivity contribution in [3.8, 4) is 23.0 Å². The van der Waals surface area contributed by atoms with Crippen LogP contribution in [0.15, 0.2) is 47.7 Å². The molecular weight excluding hydrogens is 438 g/mol. The molecule has 2 aromatic rings. The van der Waals surface area contributed by atoms with E-state index in [-0.39, 0.29) is 29.5 Å². The number of ether oxygens (including phenoxy) is 3. The van der Waals surface area contributed by atoms with E-state index in [0.29, 0.717) is 35.7 Å². The minimum atomic E-state index is -0.864. The third-order valence-corrected chi connectivity index (χ3v) is 7.11. The van der Waals surface area contributed by atoms with Crippen LogP contribution in [-0.2, 0) is 4.79 Å². The average molecular weight is 468 g/mol. The highest BCUT2D eigenvalue weighted by Gasteiger charge is 2.50. The second-order valence-electron chi connectivity index (χ2n) is 8.88. The highest BCUT2D eigenvalue weighted by Crippen LogP contribution is 2.48. The molecule has 0 aromatic heterocycles. The van der Waals surface area contributed by atoms with Crippen molar-refractivity contribution in [1.29, 1.82) is 0 Å². The van der Waals surface area contributed by atoms with Crippen LogP contribution in [0.25, 0.3) is 0 Å². The van der Waals surface area contributed by atoms with E-state index in [1.807, 2.05) is 24.3 Å². The molecule has 0 amide bonds. The molecule has 0 radical (unpaired) electrons. The van der Waals surface area contributed by atoms with E-state index in [0.717, 1.165) is 16.8 Å². The molecule has 5 atom stereocenters. The van der Waals surface area contributed by atoms with Crippen LogP contribution in [0.1, 0.15) is 35.8 Å². The number of phenols is 1. The fraction of sp³-hybridized carbons (Fsp3) is 0.400. The van der Waals surface area contributed by atoms with Crippen LogP contribution in [-0.4, -0.2) is 49.7 Å². The van der Waals surface area contributed by atoms with Crippen molar-refractivity contribution in [2.24, 2.45) is 5.92 Å². The number of aromatic hydroxyl groups is 1. The summed E-state index contributed by atoms with van der Waals surface area (Å²) in [5, 5.41) is 24.5. The Labute approximate surface area is 197 Å². The molecule has 3 unspecified atom stereocenters. The summed E-state index contributed by atoms with van der Waals surface area (Å²) in [5.41, 5.74) is 9.24. The van der Waals surface area contributed by atoms with Crippen molar-refractivity contribution < 1.29 is 29.2 Å². The van der Waals surface area contributed by atoms with Gasteiger partial charge in [-0.05, 0) is 47.7 Å². The number of carbonyl (C=O) groups is 1. The van der Waals surface area contributed by atoms with Gasteiger partial charge in [0.2, 0.25) is 0 Å². The topological polar surface area (TPSA) is 121 Å². The summed E-state index contributed by atoms with van der Waals surface area (Å²) in [7, 11) is 4.68. The molecule has 1 aliphatic carbocycles. The molecular formula is C25H29N3O6. The second-order valence-corrected chi connectivity index (χ2v) is 8.88. The number of fused-ring (bicyclic) bond motifs is 1. The number of hydrogen-bond donors (Lipinski definition) is 5. The lowest BCUT2D eigenvalue weighted by molar-refractivity contribution is -0.117. The van der Waals surface area contributed by atoms with E-state index in [1.165, 1.54) is 7.11 Å². The number of carbonyl (C=O) groups excluding carboxylic acids is 1. The van der Waals surface area contributed by atoms with Crippen LogP contribution in [0.5, 0.6) is 23.0 Å². The Morgan fingerprint density at radius 3 is 2.29 bits per heavy atom. The van der Waals surface area contributed by atoms with E-state index in [4.69, 9.17) is 14.2 Å². The monoisotopic (exact) mass is 467 g/mol. The number of benzene rings is 2. The van der Waals surface area contributed by atoms with Crippen molar-refractivity contribution in [2.75, 3.05) is 21.3 Å². The lowest BCUT2D eigenvalue weighted by Gasteiger charge is -2.42. The third kappa shape index (κ3) is 3.66. The Morgan fingerprint density at radius 2 is 1.59 bits per heavy atom. The molecule has 34 heavy (non-hydrogen) atoms. The van der Waals surface area contributed by atoms with Crippen LogP contribution in [0.2, 0.25) is 0 Å². The summed E-state index contributed by atoms with van der Waals surface area (Å²) < 4.78 is 16.0. The molecule has 1 saturated heterocycles. The Bertz CT molecular complexity index is 1150. The molecule has 180 valence electrons. The highest BCUT2D eigenvalue weighted by atomic mass is 16.5. The van der Waals surface area contributed by atoms with Gasteiger partial charge in [-0.25, -0.2) is 10.9 Å². The van der Waals surface area contributed by atoms with E-state index < -0.39 is 12.1 Å². The van der Waals surface area contributed by atoms with Crippen LogP contribution < -0.4 is 30.4 Å². The van der Waals surface area contributed by atoms with Gasteiger partial charge >= 0.3 is 0 Å². The predicted molar refractivity (Wildman–Crippen MR) is 124 cm³/mol. The number of Topliss-reactive ketones (excluding diaryl/α,β-unsaturated/α-hetero) is 1. The van der Waals surface area contributed by atoms with Crippen LogP contribution >= 0.6 is 0 Å². The third-order valence-electron chi connectivity index (χ3n) is 7.11. The van der Waals surface area contributed by atoms with Gasteiger partial charge in [-0.1, -0.05) is 12.1 Å². The predicted octanol–water partition coefficient (Wildman–Crippen LogP) is 1.87. The van der Waals surface area contributed by atoms with E-state index in [2.05, 4.69) is 16.2 Å². The fourth-order valence-electron chi connectivity index (χ4n) is 5.50. The van der Waals surface area contributed by atoms with Crippen LogP contribution in [0.4, 0.5) is 0 Å². The summed E-state index contributed by atoms with van der Waals surface area (Å²) >= 11 is 0. The lowest BCUT2D eigenvalue weighted by Crippen LogP contribution is -2.51. The number of hydrazine groups is 1.